The molecule has 196 valence electrons. The second-order valence-electron chi connectivity index (χ2n) is 9.04. The minimum absolute atomic E-state index is 0.0531. The van der Waals surface area contributed by atoms with E-state index >= 15 is 0 Å². The Hall–Kier alpha value is -4.48. The molecule has 3 N–H and O–H groups in total. The Kier molecular flexibility index (Phi) is 6.47. The Morgan fingerprint density at radius 3 is 2.68 bits per heavy atom. The minimum Gasteiger partial charge on any atom is -0.382 e. The summed E-state index contributed by atoms with van der Waals surface area (Å²) in [4.78, 5) is 39.8. The summed E-state index contributed by atoms with van der Waals surface area (Å²) >= 11 is 0. The maximum atomic E-state index is 13.0. The third-order valence-corrected chi connectivity index (χ3v) is 6.68. The van der Waals surface area contributed by atoms with Crippen LogP contribution < -0.4 is 11.1 Å². The first-order valence-corrected chi connectivity index (χ1v) is 11.9. The first-order chi connectivity index (χ1) is 18.2. The summed E-state index contributed by atoms with van der Waals surface area (Å²) < 4.78 is 40.9. The molecule has 2 aliphatic heterocycles. The number of aromatic nitrogens is 3. The molecule has 3 aromatic rings. The van der Waals surface area contributed by atoms with Crippen molar-refractivity contribution >= 4 is 29.0 Å². The number of aliphatic imine (C=N–C) groups is 1. The summed E-state index contributed by atoms with van der Waals surface area (Å²) in [5, 5.41) is 2.46. The van der Waals surface area contributed by atoms with Crippen molar-refractivity contribution in [1.82, 2.24) is 24.6 Å². The Morgan fingerprint density at radius 2 is 1.97 bits per heavy atom. The lowest BCUT2D eigenvalue weighted by molar-refractivity contribution is -0.159. The highest BCUT2D eigenvalue weighted by molar-refractivity contribution is 6.07. The molecule has 1 saturated heterocycles. The van der Waals surface area contributed by atoms with Gasteiger partial charge in [0.15, 0.2) is 0 Å². The van der Waals surface area contributed by atoms with Crippen molar-refractivity contribution in [2.24, 2.45) is 10.9 Å². The number of nitrogens with one attached hydrogen (secondary N) is 1. The van der Waals surface area contributed by atoms with Gasteiger partial charge in [0.25, 0.3) is 5.91 Å². The number of nitrogens with zero attached hydrogens (tertiary/aromatic N) is 5. The van der Waals surface area contributed by atoms with Gasteiger partial charge < -0.3 is 16.0 Å². The zero-order valence-electron chi connectivity index (χ0n) is 20.2. The molecule has 2 unspecified atom stereocenters. The van der Waals surface area contributed by atoms with Gasteiger partial charge in [0.05, 0.1) is 12.0 Å². The lowest BCUT2D eigenvalue weighted by Crippen LogP contribution is -2.36. The normalized spacial score (nSPS) is 19.4. The number of nitrogen functional groups attached to an aromatic ring is 1. The third-order valence-electron chi connectivity index (χ3n) is 6.68. The fraction of sp³-hybridized carbons (Fsp3) is 0.269. The van der Waals surface area contributed by atoms with Gasteiger partial charge in [0.1, 0.15) is 28.7 Å². The van der Waals surface area contributed by atoms with E-state index in [1.54, 1.807) is 41.6 Å². The molecule has 38 heavy (non-hydrogen) atoms. The molecule has 0 bridgehead atoms. The number of anilines is 1. The SMILES string of the molecule is C=CC(=O)N1CCCC1c1nc(-c2ccc(C(=O)NC3=NC=CC(C(F)(F)F)C3)cc2)c2c(N)nccn12. The number of benzene rings is 1. The quantitative estimate of drug-likeness (QED) is 0.501. The Bertz CT molecular complexity index is 1470. The lowest BCUT2D eigenvalue weighted by Gasteiger charge is -2.22. The van der Waals surface area contributed by atoms with Crippen molar-refractivity contribution in [1.29, 1.82) is 0 Å². The van der Waals surface area contributed by atoms with Crippen molar-refractivity contribution in [3.05, 3.63) is 73.0 Å². The first kappa shape index (κ1) is 25.2. The van der Waals surface area contributed by atoms with E-state index in [0.29, 0.717) is 29.1 Å². The molecule has 2 atom stereocenters. The predicted molar refractivity (Wildman–Crippen MR) is 135 cm³/mol. The number of allylic oxidation sites excluding steroid dienone is 1. The van der Waals surface area contributed by atoms with Crippen molar-refractivity contribution < 1.29 is 22.8 Å². The number of nitrogens with two attached hydrogens (primary N) is 1. The maximum Gasteiger partial charge on any atom is 0.395 e. The molecule has 2 aromatic heterocycles. The van der Waals surface area contributed by atoms with Crippen molar-refractivity contribution in [2.75, 3.05) is 12.3 Å². The number of carbonyl (C=O) groups excluding carboxylic acids is 2. The van der Waals surface area contributed by atoms with E-state index in [1.165, 1.54) is 6.08 Å². The summed E-state index contributed by atoms with van der Waals surface area (Å²) in [6.07, 6.45) is 3.30. The molecule has 5 rings (SSSR count). The van der Waals surface area contributed by atoms with Crippen LogP contribution in [0, 0.1) is 5.92 Å². The van der Waals surface area contributed by atoms with Crippen molar-refractivity contribution in [3.63, 3.8) is 0 Å². The highest BCUT2D eigenvalue weighted by Gasteiger charge is 2.39. The number of halogens is 3. The van der Waals surface area contributed by atoms with E-state index in [1.807, 2.05) is 4.40 Å². The number of amidine groups is 1. The van der Waals surface area contributed by atoms with Gasteiger partial charge in [-0.05, 0) is 31.1 Å². The van der Waals surface area contributed by atoms with Gasteiger partial charge in [0.2, 0.25) is 5.91 Å². The number of likely N-dealkylation sites (tertiary alicyclic amines) is 1. The number of amides is 2. The van der Waals surface area contributed by atoms with E-state index in [-0.39, 0.29) is 29.2 Å². The summed E-state index contributed by atoms with van der Waals surface area (Å²) in [5.74, 6) is -1.61. The summed E-state index contributed by atoms with van der Waals surface area (Å²) in [5.41, 5.74) is 8.21. The van der Waals surface area contributed by atoms with Crippen LogP contribution in [0.25, 0.3) is 16.8 Å². The molecule has 2 amide bonds. The molecule has 0 aliphatic carbocycles. The van der Waals surface area contributed by atoms with Gasteiger partial charge in [-0.2, -0.15) is 13.2 Å². The molecule has 0 saturated carbocycles. The fourth-order valence-electron chi connectivity index (χ4n) is 4.80. The predicted octanol–water partition coefficient (Wildman–Crippen LogP) is 4.05. The highest BCUT2D eigenvalue weighted by Crippen LogP contribution is 2.36. The molecule has 12 heteroatoms. The average Bonchev–Trinajstić information content (AvgIpc) is 3.54. The van der Waals surface area contributed by atoms with Gasteiger partial charge in [-0.3, -0.25) is 14.0 Å². The number of hydrogen-bond donors (Lipinski definition) is 2. The van der Waals surface area contributed by atoms with E-state index in [9.17, 15) is 22.8 Å². The maximum absolute atomic E-state index is 13.0. The van der Waals surface area contributed by atoms with Gasteiger partial charge in [-0.25, -0.2) is 15.0 Å². The molecule has 2 aliphatic rings. The van der Waals surface area contributed by atoms with Crippen LogP contribution in [0.3, 0.4) is 0 Å². The second-order valence-corrected chi connectivity index (χ2v) is 9.04. The summed E-state index contributed by atoms with van der Waals surface area (Å²) in [6.45, 7) is 4.19. The van der Waals surface area contributed by atoms with Gasteiger partial charge >= 0.3 is 6.18 Å². The number of carbonyl (C=O) groups is 2. The van der Waals surface area contributed by atoms with Crippen LogP contribution in [0.4, 0.5) is 19.0 Å². The Balaban J connectivity index is 1.42. The molecule has 1 fully saturated rings. The molecule has 0 radical (unpaired) electrons. The summed E-state index contributed by atoms with van der Waals surface area (Å²) in [7, 11) is 0. The zero-order valence-corrected chi connectivity index (χ0v) is 20.2. The molecule has 0 spiro atoms. The van der Waals surface area contributed by atoms with Crippen LogP contribution in [0.1, 0.15) is 41.5 Å². The van der Waals surface area contributed by atoms with E-state index in [2.05, 4.69) is 21.9 Å². The number of fused-ring (bicyclic) bond motifs is 1. The third kappa shape index (κ3) is 4.64. The Labute approximate surface area is 215 Å². The average molecular weight is 524 g/mol. The monoisotopic (exact) mass is 523 g/mol. The van der Waals surface area contributed by atoms with Crippen molar-refractivity contribution in [2.45, 2.75) is 31.5 Å². The van der Waals surface area contributed by atoms with Gasteiger partial charge in [0, 0.05) is 42.7 Å². The topological polar surface area (TPSA) is 118 Å². The molecule has 4 heterocycles. The largest absolute Gasteiger partial charge is 0.395 e. The Morgan fingerprint density at radius 1 is 1.21 bits per heavy atom. The number of imidazole rings is 1. The second kappa shape index (κ2) is 9.77. The van der Waals surface area contributed by atoms with E-state index in [0.717, 1.165) is 25.1 Å². The molecule has 1 aromatic carbocycles. The summed E-state index contributed by atoms with van der Waals surface area (Å²) in [6, 6.07) is 6.18. The van der Waals surface area contributed by atoms with Crippen LogP contribution in [-0.4, -0.2) is 49.6 Å². The standard InChI is InChI=1S/C26H24F3N7O2/c1-2-20(37)35-12-3-4-18(35)24-34-21(22-23(30)32-11-13-36(22)24)15-5-7-16(8-6-15)25(38)33-19-14-17(9-10-31-19)26(27,28)29/h2,5-11,13,17-18H,1,3-4,12,14H2,(H2,30,32)(H,31,33,38). The van der Waals surface area contributed by atoms with Gasteiger partial charge in [-0.15, -0.1) is 0 Å². The molecule has 9 nitrogen and oxygen atoms in total. The van der Waals surface area contributed by atoms with E-state index in [4.69, 9.17) is 10.7 Å². The van der Waals surface area contributed by atoms with Crippen LogP contribution >= 0.6 is 0 Å². The first-order valence-electron chi connectivity index (χ1n) is 11.9. The van der Waals surface area contributed by atoms with E-state index < -0.39 is 24.4 Å². The minimum atomic E-state index is -4.42. The smallest absolute Gasteiger partial charge is 0.382 e. The van der Waals surface area contributed by atoms with Gasteiger partial charge in [-0.1, -0.05) is 24.8 Å². The molecular weight excluding hydrogens is 499 g/mol. The number of hydrogen-bond acceptors (Lipinski definition) is 6. The number of alkyl halides is 3. The lowest BCUT2D eigenvalue weighted by atomic mass is 10.0. The van der Waals surface area contributed by atoms with Crippen molar-refractivity contribution in [3.8, 4) is 11.3 Å². The highest BCUT2D eigenvalue weighted by atomic mass is 19.4. The molecular formula is C26H24F3N7O2. The zero-order chi connectivity index (χ0) is 27.0. The van der Waals surface area contributed by atoms with Crippen LogP contribution in [0.5, 0.6) is 0 Å². The fourth-order valence-corrected chi connectivity index (χ4v) is 4.80. The van der Waals surface area contributed by atoms with Crippen LogP contribution in [0.15, 0.2) is 66.6 Å². The van der Waals surface area contributed by atoms with Crippen LogP contribution in [0.2, 0.25) is 0 Å². The number of rotatable bonds is 4. The van der Waals surface area contributed by atoms with Crippen LogP contribution in [-0.2, 0) is 4.79 Å².